The van der Waals surface area contributed by atoms with Gasteiger partial charge < -0.3 is 0 Å². The van der Waals surface area contributed by atoms with Crippen LogP contribution in [-0.2, 0) is 0 Å². The van der Waals surface area contributed by atoms with Crippen molar-refractivity contribution in [1.29, 1.82) is 0 Å². The molecule has 0 saturated heterocycles. The summed E-state index contributed by atoms with van der Waals surface area (Å²) < 4.78 is 2.55. The standard InChI is InChI=1S/C28H16S/c1-3-7-21(8-4-1)11-13-23-15-17-27-25(19-23)26-20-24(16-18-28(26)29-27)14-12-22-9-5-2-6-10-22/h1-10,15-20H. The Bertz CT molecular complexity index is 1320. The van der Waals surface area contributed by atoms with Crippen LogP contribution in [0.3, 0.4) is 0 Å². The fraction of sp³-hybridized carbons (Fsp3) is 0. The zero-order chi connectivity index (χ0) is 19.5. The molecule has 0 fully saturated rings. The monoisotopic (exact) mass is 384 g/mol. The highest BCUT2D eigenvalue weighted by atomic mass is 32.1. The molecule has 0 aliphatic heterocycles. The summed E-state index contributed by atoms with van der Waals surface area (Å²) >= 11 is 1.81. The number of benzene rings is 4. The first-order valence-corrected chi connectivity index (χ1v) is 10.3. The van der Waals surface area contributed by atoms with Gasteiger partial charge in [-0.25, -0.2) is 0 Å². The molecule has 5 aromatic rings. The van der Waals surface area contributed by atoms with Crippen molar-refractivity contribution in [2.45, 2.75) is 0 Å². The Hall–Kier alpha value is -3.78. The SMILES string of the molecule is C(#Cc1ccc2sc3ccc(C#Cc4ccccc4)cc3c2c1)c1ccccc1. The van der Waals surface area contributed by atoms with Gasteiger partial charge in [-0.05, 0) is 60.7 Å². The van der Waals surface area contributed by atoms with E-state index in [2.05, 4.69) is 60.1 Å². The Morgan fingerprint density at radius 1 is 0.414 bits per heavy atom. The molecule has 0 N–H and O–H groups in total. The second-order valence-electron chi connectivity index (χ2n) is 6.76. The van der Waals surface area contributed by atoms with E-state index < -0.39 is 0 Å². The van der Waals surface area contributed by atoms with Crippen molar-refractivity contribution in [2.75, 3.05) is 0 Å². The van der Waals surface area contributed by atoms with E-state index in [0.29, 0.717) is 0 Å². The molecular weight excluding hydrogens is 368 g/mol. The van der Waals surface area contributed by atoms with Gasteiger partial charge in [0.1, 0.15) is 0 Å². The second-order valence-corrected chi connectivity index (χ2v) is 7.84. The summed E-state index contributed by atoms with van der Waals surface area (Å²) in [5, 5.41) is 2.49. The Morgan fingerprint density at radius 2 is 0.828 bits per heavy atom. The van der Waals surface area contributed by atoms with Crippen molar-refractivity contribution in [3.8, 4) is 23.7 Å². The maximum atomic E-state index is 3.30. The predicted molar refractivity (Wildman–Crippen MR) is 124 cm³/mol. The van der Waals surface area contributed by atoms with Crippen LogP contribution in [0.15, 0.2) is 97.1 Å². The molecule has 0 amide bonds. The zero-order valence-electron chi connectivity index (χ0n) is 15.6. The van der Waals surface area contributed by atoms with Crippen LogP contribution in [0, 0.1) is 23.7 Å². The maximum absolute atomic E-state index is 3.30. The molecule has 0 aliphatic rings. The van der Waals surface area contributed by atoms with E-state index in [1.807, 2.05) is 72.0 Å². The lowest BCUT2D eigenvalue weighted by atomic mass is 10.1. The molecule has 4 aromatic carbocycles. The Balaban J connectivity index is 1.55. The van der Waals surface area contributed by atoms with Gasteiger partial charge in [0.2, 0.25) is 0 Å². The summed E-state index contributed by atoms with van der Waals surface area (Å²) in [5.41, 5.74) is 4.12. The predicted octanol–water partition coefficient (Wildman–Crippen LogP) is 6.85. The van der Waals surface area contributed by atoms with Gasteiger partial charge in [0.15, 0.2) is 0 Å². The van der Waals surface area contributed by atoms with E-state index in [1.54, 1.807) is 0 Å². The van der Waals surface area contributed by atoms with Gasteiger partial charge in [-0.15, -0.1) is 11.3 Å². The summed E-state index contributed by atoms with van der Waals surface area (Å²) in [6.45, 7) is 0. The lowest BCUT2D eigenvalue weighted by molar-refractivity contribution is 1.64. The van der Waals surface area contributed by atoms with Crippen molar-refractivity contribution in [1.82, 2.24) is 0 Å². The Labute approximate surface area is 174 Å². The average Bonchev–Trinajstić information content (AvgIpc) is 3.15. The summed E-state index contributed by atoms with van der Waals surface area (Å²) in [6, 6.07) is 33.1. The van der Waals surface area contributed by atoms with Crippen molar-refractivity contribution >= 4 is 31.5 Å². The van der Waals surface area contributed by atoms with Gasteiger partial charge in [0.05, 0.1) is 0 Å². The molecule has 134 valence electrons. The molecule has 5 rings (SSSR count). The lowest BCUT2D eigenvalue weighted by Gasteiger charge is -1.96. The van der Waals surface area contributed by atoms with E-state index in [1.165, 1.54) is 20.2 Å². The first-order chi connectivity index (χ1) is 14.3. The van der Waals surface area contributed by atoms with Gasteiger partial charge in [0.25, 0.3) is 0 Å². The lowest BCUT2D eigenvalue weighted by Crippen LogP contribution is -1.77. The quantitative estimate of drug-likeness (QED) is 0.256. The molecule has 0 nitrogen and oxygen atoms in total. The Kier molecular flexibility index (Phi) is 4.59. The fourth-order valence-electron chi connectivity index (χ4n) is 3.26. The summed E-state index contributed by atoms with van der Waals surface area (Å²) in [7, 11) is 0. The molecule has 1 heteroatoms. The molecular formula is C28H16S. The van der Waals surface area contributed by atoms with Gasteiger partial charge in [0, 0.05) is 42.4 Å². The summed E-state index contributed by atoms with van der Waals surface area (Å²) in [4.78, 5) is 0. The smallest absolute Gasteiger partial charge is 0.0356 e. The van der Waals surface area contributed by atoms with Crippen molar-refractivity contribution < 1.29 is 0 Å². The topological polar surface area (TPSA) is 0 Å². The molecule has 0 radical (unpaired) electrons. The minimum atomic E-state index is 1.03. The molecule has 0 aliphatic carbocycles. The number of fused-ring (bicyclic) bond motifs is 3. The van der Waals surface area contributed by atoms with Crippen LogP contribution in [-0.4, -0.2) is 0 Å². The van der Waals surface area contributed by atoms with Crippen LogP contribution in [0.25, 0.3) is 20.2 Å². The van der Waals surface area contributed by atoms with Gasteiger partial charge in [-0.3, -0.25) is 0 Å². The van der Waals surface area contributed by atoms with Crippen LogP contribution in [0.4, 0.5) is 0 Å². The van der Waals surface area contributed by atoms with E-state index in [4.69, 9.17) is 0 Å². The van der Waals surface area contributed by atoms with Crippen molar-refractivity contribution in [3.05, 3.63) is 119 Å². The largest absolute Gasteiger partial charge is 0.135 e. The minimum Gasteiger partial charge on any atom is -0.135 e. The number of thiophene rings is 1. The molecule has 0 saturated carbocycles. The summed E-state index contributed by atoms with van der Waals surface area (Å²) in [6.07, 6.45) is 0. The van der Waals surface area contributed by atoms with E-state index >= 15 is 0 Å². The maximum Gasteiger partial charge on any atom is 0.0356 e. The van der Waals surface area contributed by atoms with Crippen molar-refractivity contribution in [3.63, 3.8) is 0 Å². The first-order valence-electron chi connectivity index (χ1n) is 9.46. The normalized spacial score (nSPS) is 10.2. The third kappa shape index (κ3) is 3.78. The van der Waals surface area contributed by atoms with Crippen LogP contribution in [0.1, 0.15) is 22.3 Å². The highest BCUT2D eigenvalue weighted by molar-refractivity contribution is 7.25. The molecule has 0 spiro atoms. The van der Waals surface area contributed by atoms with Crippen LogP contribution in [0.2, 0.25) is 0 Å². The minimum absolute atomic E-state index is 1.03. The molecule has 0 bridgehead atoms. The molecule has 29 heavy (non-hydrogen) atoms. The van der Waals surface area contributed by atoms with Gasteiger partial charge in [-0.1, -0.05) is 60.1 Å². The molecule has 1 aromatic heterocycles. The summed E-state index contributed by atoms with van der Waals surface area (Å²) in [5.74, 6) is 13.1. The van der Waals surface area contributed by atoms with Gasteiger partial charge >= 0.3 is 0 Å². The van der Waals surface area contributed by atoms with Crippen molar-refractivity contribution in [2.24, 2.45) is 0 Å². The molecule has 0 unspecified atom stereocenters. The number of hydrogen-bond acceptors (Lipinski definition) is 1. The highest BCUT2D eigenvalue weighted by Crippen LogP contribution is 2.34. The van der Waals surface area contributed by atoms with Crippen LogP contribution in [0.5, 0.6) is 0 Å². The number of rotatable bonds is 0. The molecule has 1 heterocycles. The number of hydrogen-bond donors (Lipinski definition) is 0. The van der Waals surface area contributed by atoms with E-state index in [9.17, 15) is 0 Å². The highest BCUT2D eigenvalue weighted by Gasteiger charge is 2.06. The zero-order valence-corrected chi connectivity index (χ0v) is 16.5. The van der Waals surface area contributed by atoms with E-state index in [0.717, 1.165) is 22.3 Å². The third-order valence-electron chi connectivity index (χ3n) is 4.72. The second kappa shape index (κ2) is 7.69. The fourth-order valence-corrected chi connectivity index (χ4v) is 4.33. The van der Waals surface area contributed by atoms with Crippen LogP contribution < -0.4 is 0 Å². The average molecular weight is 385 g/mol. The third-order valence-corrected chi connectivity index (χ3v) is 5.87. The Morgan fingerprint density at radius 3 is 1.28 bits per heavy atom. The van der Waals surface area contributed by atoms with E-state index in [-0.39, 0.29) is 0 Å². The first kappa shape index (κ1) is 17.3. The van der Waals surface area contributed by atoms with Crippen LogP contribution >= 0.6 is 11.3 Å². The molecule has 0 atom stereocenters. The van der Waals surface area contributed by atoms with Gasteiger partial charge in [-0.2, -0.15) is 0 Å².